The number of rotatable bonds is 6. The smallest absolute Gasteiger partial charge is 0.358 e. The summed E-state index contributed by atoms with van der Waals surface area (Å²) in [4.78, 5) is 11.2. The van der Waals surface area contributed by atoms with Crippen molar-refractivity contribution in [3.63, 3.8) is 0 Å². The number of ether oxygens (including phenoxy) is 2. The van der Waals surface area contributed by atoms with E-state index in [1.807, 2.05) is 0 Å². The van der Waals surface area contributed by atoms with Crippen LogP contribution in [0.1, 0.15) is 23.8 Å². The first kappa shape index (κ1) is 11.3. The van der Waals surface area contributed by atoms with Gasteiger partial charge in [0.15, 0.2) is 5.69 Å². The van der Waals surface area contributed by atoms with Crippen LogP contribution in [0.15, 0.2) is 18.7 Å². The highest BCUT2D eigenvalue weighted by molar-refractivity contribution is 5.87. The van der Waals surface area contributed by atoms with Gasteiger partial charge in [-0.1, -0.05) is 6.08 Å². The number of carbonyl (C=O) groups excluding carboxylic acids is 1. The van der Waals surface area contributed by atoms with Crippen LogP contribution < -0.4 is 4.74 Å². The fourth-order valence-electron chi connectivity index (χ4n) is 0.940. The maximum atomic E-state index is 11.2. The molecular formula is C10H14N2O3. The molecule has 82 valence electrons. The van der Waals surface area contributed by atoms with Crippen LogP contribution in [0.3, 0.4) is 0 Å². The van der Waals surface area contributed by atoms with Crippen LogP contribution in [-0.2, 0) is 4.74 Å². The molecule has 1 heterocycles. The lowest BCUT2D eigenvalue weighted by atomic mass is 10.4. The third-order valence-electron chi connectivity index (χ3n) is 1.62. The highest BCUT2D eigenvalue weighted by Gasteiger charge is 2.11. The Bertz CT molecular complexity index is 333. The van der Waals surface area contributed by atoms with Gasteiger partial charge in [-0.15, -0.1) is 6.58 Å². The molecule has 5 nitrogen and oxygen atoms in total. The number of nitrogens with one attached hydrogen (secondary N) is 1. The van der Waals surface area contributed by atoms with E-state index >= 15 is 0 Å². The van der Waals surface area contributed by atoms with Gasteiger partial charge < -0.3 is 9.47 Å². The number of esters is 1. The van der Waals surface area contributed by atoms with Crippen molar-refractivity contribution in [1.29, 1.82) is 0 Å². The van der Waals surface area contributed by atoms with Crippen molar-refractivity contribution in [2.24, 2.45) is 0 Å². The fraction of sp³-hybridized carbons (Fsp3) is 0.400. The van der Waals surface area contributed by atoms with Crippen molar-refractivity contribution in [2.45, 2.75) is 13.3 Å². The first-order chi connectivity index (χ1) is 7.27. The van der Waals surface area contributed by atoms with Crippen LogP contribution >= 0.6 is 0 Å². The summed E-state index contributed by atoms with van der Waals surface area (Å²) >= 11 is 0. The zero-order valence-corrected chi connectivity index (χ0v) is 8.66. The van der Waals surface area contributed by atoms with E-state index in [1.54, 1.807) is 13.0 Å². The van der Waals surface area contributed by atoms with Gasteiger partial charge in [-0.3, -0.25) is 0 Å². The van der Waals surface area contributed by atoms with Crippen molar-refractivity contribution < 1.29 is 14.3 Å². The number of carbonyl (C=O) groups is 1. The zero-order valence-electron chi connectivity index (χ0n) is 8.66. The van der Waals surface area contributed by atoms with Gasteiger partial charge in [-0.25, -0.2) is 9.89 Å². The number of aromatic nitrogens is 2. The van der Waals surface area contributed by atoms with Gasteiger partial charge >= 0.3 is 5.97 Å². The lowest BCUT2D eigenvalue weighted by Crippen LogP contribution is -2.04. The maximum absolute atomic E-state index is 11.2. The Labute approximate surface area is 88.1 Å². The van der Waals surface area contributed by atoms with Crippen molar-refractivity contribution in [2.75, 3.05) is 13.2 Å². The molecule has 1 aromatic heterocycles. The van der Waals surface area contributed by atoms with E-state index in [2.05, 4.69) is 16.8 Å². The second-order valence-corrected chi connectivity index (χ2v) is 2.76. The zero-order chi connectivity index (χ0) is 11.1. The molecule has 0 atom stereocenters. The molecule has 0 fully saturated rings. The number of hydrogen-bond acceptors (Lipinski definition) is 4. The lowest BCUT2D eigenvalue weighted by molar-refractivity contribution is 0.0519. The molecule has 0 amide bonds. The van der Waals surface area contributed by atoms with Crippen molar-refractivity contribution in [3.05, 3.63) is 24.4 Å². The Balaban J connectivity index is 2.48. The second kappa shape index (κ2) is 5.85. The predicted molar refractivity (Wildman–Crippen MR) is 54.9 cm³/mol. The summed E-state index contributed by atoms with van der Waals surface area (Å²) in [7, 11) is 0. The van der Waals surface area contributed by atoms with Gasteiger partial charge in [0.2, 0.25) is 5.88 Å². The molecule has 0 bridgehead atoms. The lowest BCUT2D eigenvalue weighted by Gasteiger charge is -1.98. The normalized spacial score (nSPS) is 9.67. The second-order valence-electron chi connectivity index (χ2n) is 2.76. The Kier molecular flexibility index (Phi) is 4.40. The molecule has 0 saturated carbocycles. The molecule has 0 unspecified atom stereocenters. The molecule has 5 heteroatoms. The monoisotopic (exact) mass is 210 g/mol. The van der Waals surface area contributed by atoms with Crippen molar-refractivity contribution >= 4 is 5.97 Å². The topological polar surface area (TPSA) is 64.2 Å². The highest BCUT2D eigenvalue weighted by atomic mass is 16.5. The van der Waals surface area contributed by atoms with Crippen LogP contribution in [0.5, 0.6) is 5.88 Å². The SMILES string of the molecule is C=CCCOc1cc(C(=O)OCC)n[nH]1. The molecule has 1 aromatic rings. The minimum atomic E-state index is -0.452. The summed E-state index contributed by atoms with van der Waals surface area (Å²) < 4.78 is 10.0. The standard InChI is InChI=1S/C10H14N2O3/c1-3-5-6-15-9-7-8(11-12-9)10(13)14-4-2/h3,7H,1,4-6H2,2H3,(H,11,12). The number of H-pyrrole nitrogens is 1. The van der Waals surface area contributed by atoms with Crippen LogP contribution in [-0.4, -0.2) is 29.4 Å². The third kappa shape index (κ3) is 3.46. The van der Waals surface area contributed by atoms with E-state index in [9.17, 15) is 4.79 Å². The van der Waals surface area contributed by atoms with E-state index in [-0.39, 0.29) is 5.69 Å². The third-order valence-corrected chi connectivity index (χ3v) is 1.62. The molecule has 0 aliphatic rings. The Morgan fingerprint density at radius 1 is 1.73 bits per heavy atom. The fourth-order valence-corrected chi connectivity index (χ4v) is 0.940. The summed E-state index contributed by atoms with van der Waals surface area (Å²) in [6.07, 6.45) is 2.50. The van der Waals surface area contributed by atoms with Gasteiger partial charge in [0.25, 0.3) is 0 Å². The van der Waals surface area contributed by atoms with E-state index in [0.29, 0.717) is 19.1 Å². The maximum Gasteiger partial charge on any atom is 0.358 e. The van der Waals surface area contributed by atoms with Crippen molar-refractivity contribution in [1.82, 2.24) is 10.2 Å². The van der Waals surface area contributed by atoms with Crippen LogP contribution in [0.4, 0.5) is 0 Å². The molecular weight excluding hydrogens is 196 g/mol. The number of hydrogen-bond donors (Lipinski definition) is 1. The van der Waals surface area contributed by atoms with Crippen LogP contribution in [0.25, 0.3) is 0 Å². The highest BCUT2D eigenvalue weighted by Crippen LogP contribution is 2.09. The molecule has 15 heavy (non-hydrogen) atoms. The molecule has 0 aromatic carbocycles. The van der Waals surface area contributed by atoms with E-state index in [0.717, 1.165) is 6.42 Å². The summed E-state index contributed by atoms with van der Waals surface area (Å²) in [6.45, 7) is 6.15. The minimum absolute atomic E-state index is 0.227. The molecule has 0 spiro atoms. The van der Waals surface area contributed by atoms with E-state index in [1.165, 1.54) is 6.07 Å². The van der Waals surface area contributed by atoms with Gasteiger partial charge in [-0.2, -0.15) is 5.10 Å². The average molecular weight is 210 g/mol. The molecule has 1 N–H and O–H groups in total. The number of nitrogens with zero attached hydrogens (tertiary/aromatic N) is 1. The van der Waals surface area contributed by atoms with Crippen molar-refractivity contribution in [3.8, 4) is 5.88 Å². The first-order valence-corrected chi connectivity index (χ1v) is 4.74. The quantitative estimate of drug-likeness (QED) is 0.439. The summed E-state index contributed by atoms with van der Waals surface area (Å²) in [6, 6.07) is 1.51. The van der Waals surface area contributed by atoms with Gasteiger partial charge in [0.05, 0.1) is 13.2 Å². The van der Waals surface area contributed by atoms with Gasteiger partial charge in [0, 0.05) is 6.07 Å². The average Bonchev–Trinajstić information content (AvgIpc) is 2.67. The van der Waals surface area contributed by atoms with Crippen LogP contribution in [0, 0.1) is 0 Å². The molecule has 0 aliphatic heterocycles. The Morgan fingerprint density at radius 2 is 2.53 bits per heavy atom. The molecule has 0 saturated heterocycles. The van der Waals surface area contributed by atoms with E-state index < -0.39 is 5.97 Å². The number of aromatic amines is 1. The summed E-state index contributed by atoms with van der Waals surface area (Å²) in [5.41, 5.74) is 0.227. The Morgan fingerprint density at radius 3 is 3.20 bits per heavy atom. The van der Waals surface area contributed by atoms with Gasteiger partial charge in [-0.05, 0) is 13.3 Å². The largest absolute Gasteiger partial charge is 0.478 e. The molecule has 1 rings (SSSR count). The summed E-state index contributed by atoms with van der Waals surface area (Å²) in [5.74, 6) is 0.00669. The summed E-state index contributed by atoms with van der Waals surface area (Å²) in [5, 5.41) is 6.36. The predicted octanol–water partition coefficient (Wildman–Crippen LogP) is 1.54. The van der Waals surface area contributed by atoms with Gasteiger partial charge in [0.1, 0.15) is 0 Å². The molecule has 0 aliphatic carbocycles. The van der Waals surface area contributed by atoms with E-state index in [4.69, 9.17) is 9.47 Å². The Hall–Kier alpha value is -1.78. The van der Waals surface area contributed by atoms with Crippen LogP contribution in [0.2, 0.25) is 0 Å². The minimum Gasteiger partial charge on any atom is -0.478 e. The first-order valence-electron chi connectivity index (χ1n) is 4.74. The molecule has 0 radical (unpaired) electrons.